The molecule has 1 aromatic carbocycles. The Labute approximate surface area is 89.1 Å². The molecule has 1 rings (SSSR count). The summed E-state index contributed by atoms with van der Waals surface area (Å²) < 4.78 is 12.7. The van der Waals surface area contributed by atoms with Crippen LogP contribution in [0.3, 0.4) is 0 Å². The molecular weight excluding hydrogens is 225 g/mol. The Kier molecular flexibility index (Phi) is 3.51. The minimum absolute atomic E-state index is 0.196. The molecule has 4 nitrogen and oxygen atoms in total. The highest BCUT2D eigenvalue weighted by Gasteiger charge is 2.18. The first-order chi connectivity index (χ1) is 7.06. The molecule has 0 aliphatic heterocycles. The number of nitro benzene ring substituents is 1. The monoisotopic (exact) mass is 229 g/mol. The topological polar surface area (TPSA) is 60.2 Å². The molecule has 0 amide bonds. The van der Waals surface area contributed by atoms with Crippen molar-refractivity contribution in [3.05, 3.63) is 51.3 Å². The van der Waals surface area contributed by atoms with Crippen molar-refractivity contribution >= 4 is 23.1 Å². The van der Waals surface area contributed by atoms with Crippen LogP contribution in [0.5, 0.6) is 0 Å². The predicted molar refractivity (Wildman–Crippen MR) is 52.4 cm³/mol. The summed E-state index contributed by atoms with van der Waals surface area (Å²) in [7, 11) is 0. The van der Waals surface area contributed by atoms with Crippen LogP contribution in [-0.2, 0) is 0 Å². The number of carbonyl (C=O) groups excluding carboxylic acids is 1. The van der Waals surface area contributed by atoms with E-state index in [1.54, 1.807) is 0 Å². The largest absolute Gasteiger partial charge is 0.289 e. The molecule has 1 aromatic rings. The summed E-state index contributed by atoms with van der Waals surface area (Å²) in [5.41, 5.74) is 0.170. The molecule has 0 radical (unpaired) electrons. The van der Waals surface area contributed by atoms with E-state index < -0.39 is 22.2 Å². The fraction of sp³-hybridized carbons (Fsp3) is 0. The van der Waals surface area contributed by atoms with Crippen molar-refractivity contribution in [3.63, 3.8) is 0 Å². The molecule has 6 heteroatoms. The van der Waals surface area contributed by atoms with Crippen LogP contribution in [-0.4, -0.2) is 10.7 Å². The number of ketones is 1. The van der Waals surface area contributed by atoms with E-state index in [9.17, 15) is 19.3 Å². The number of benzene rings is 1. The summed E-state index contributed by atoms with van der Waals surface area (Å²) in [6.07, 6.45) is 0.960. The van der Waals surface area contributed by atoms with Gasteiger partial charge in [-0.3, -0.25) is 14.9 Å². The first-order valence-electron chi connectivity index (χ1n) is 3.81. The van der Waals surface area contributed by atoms with Crippen molar-refractivity contribution in [3.8, 4) is 0 Å². The molecule has 0 fully saturated rings. The van der Waals surface area contributed by atoms with Crippen molar-refractivity contribution in [2.45, 2.75) is 0 Å². The van der Waals surface area contributed by atoms with Crippen LogP contribution in [0.25, 0.3) is 0 Å². The molecule has 0 saturated carbocycles. The molecule has 0 saturated heterocycles. The summed E-state index contributed by atoms with van der Waals surface area (Å²) >= 11 is 5.16. The molecule has 0 N–H and O–H groups in total. The molecule has 0 aromatic heterocycles. The van der Waals surface area contributed by atoms with Gasteiger partial charge in [-0.15, -0.1) is 0 Å². The van der Waals surface area contributed by atoms with E-state index in [-0.39, 0.29) is 5.56 Å². The second kappa shape index (κ2) is 4.65. The van der Waals surface area contributed by atoms with Crippen molar-refractivity contribution in [2.24, 2.45) is 0 Å². The van der Waals surface area contributed by atoms with Crippen molar-refractivity contribution in [2.75, 3.05) is 0 Å². The van der Waals surface area contributed by atoms with Gasteiger partial charge in [-0.05, 0) is 18.2 Å². The van der Waals surface area contributed by atoms with Gasteiger partial charge >= 0.3 is 0 Å². The zero-order valence-electron chi connectivity index (χ0n) is 7.31. The van der Waals surface area contributed by atoms with Gasteiger partial charge < -0.3 is 0 Å². The summed E-state index contributed by atoms with van der Waals surface area (Å²) in [4.78, 5) is 21.0. The molecule has 0 atom stereocenters. The van der Waals surface area contributed by atoms with E-state index in [0.29, 0.717) is 6.07 Å². The predicted octanol–water partition coefficient (Wildman–Crippen LogP) is 2.67. The van der Waals surface area contributed by atoms with E-state index in [2.05, 4.69) is 0 Å². The molecule has 78 valence electrons. The smallest absolute Gasteiger partial charge is 0.283 e. The van der Waals surface area contributed by atoms with E-state index in [0.717, 1.165) is 23.7 Å². The van der Waals surface area contributed by atoms with Crippen LogP contribution in [0.4, 0.5) is 10.1 Å². The fourth-order valence-electron chi connectivity index (χ4n) is 1.01. The Morgan fingerprint density at radius 2 is 2.20 bits per heavy atom. The maximum atomic E-state index is 12.7. The van der Waals surface area contributed by atoms with Gasteiger partial charge in [0.1, 0.15) is 5.82 Å². The maximum absolute atomic E-state index is 12.7. The Morgan fingerprint density at radius 3 is 2.73 bits per heavy atom. The fourth-order valence-corrected chi connectivity index (χ4v) is 1.13. The van der Waals surface area contributed by atoms with Gasteiger partial charge in [-0.25, -0.2) is 4.39 Å². The summed E-state index contributed by atoms with van der Waals surface area (Å²) in [6, 6.07) is 2.71. The number of hydrogen-bond acceptors (Lipinski definition) is 3. The van der Waals surface area contributed by atoms with Gasteiger partial charge in [0.05, 0.1) is 16.6 Å². The van der Waals surface area contributed by atoms with E-state index >= 15 is 0 Å². The van der Waals surface area contributed by atoms with Crippen LogP contribution in [0, 0.1) is 15.9 Å². The van der Waals surface area contributed by atoms with Gasteiger partial charge in [-0.1, -0.05) is 11.6 Å². The zero-order valence-corrected chi connectivity index (χ0v) is 8.07. The molecule has 0 unspecified atom stereocenters. The van der Waals surface area contributed by atoms with E-state index in [1.165, 1.54) is 0 Å². The van der Waals surface area contributed by atoms with Gasteiger partial charge in [-0.2, -0.15) is 0 Å². The highest BCUT2D eigenvalue weighted by atomic mass is 35.5. The summed E-state index contributed by atoms with van der Waals surface area (Å²) in [5, 5.41) is 10.5. The average molecular weight is 230 g/mol. The maximum Gasteiger partial charge on any atom is 0.283 e. The molecule has 0 heterocycles. The molecule has 0 aliphatic rings. The van der Waals surface area contributed by atoms with Gasteiger partial charge in [0.25, 0.3) is 5.69 Å². The van der Waals surface area contributed by atoms with Crippen LogP contribution in [0.1, 0.15) is 10.4 Å². The first kappa shape index (κ1) is 11.3. The SMILES string of the molecule is O=C(/C=C/Cl)c1ccc(F)cc1[N+](=O)[O-]. The minimum atomic E-state index is -0.821. The van der Waals surface area contributed by atoms with Crippen LogP contribution < -0.4 is 0 Å². The third-order valence-corrected chi connectivity index (χ3v) is 1.76. The number of rotatable bonds is 3. The summed E-state index contributed by atoms with van der Waals surface area (Å²) in [6.45, 7) is 0. The van der Waals surface area contributed by atoms with Crippen LogP contribution in [0.2, 0.25) is 0 Å². The lowest BCUT2D eigenvalue weighted by molar-refractivity contribution is -0.385. The normalized spacial score (nSPS) is 10.5. The van der Waals surface area contributed by atoms with Gasteiger partial charge in [0.2, 0.25) is 0 Å². The molecule has 0 spiro atoms. The van der Waals surface area contributed by atoms with E-state index in [4.69, 9.17) is 11.6 Å². The number of hydrogen-bond donors (Lipinski definition) is 0. The minimum Gasteiger partial charge on any atom is -0.289 e. The van der Waals surface area contributed by atoms with Crippen LogP contribution in [0.15, 0.2) is 29.8 Å². The third kappa shape index (κ3) is 2.60. The Hall–Kier alpha value is -1.75. The second-order valence-electron chi connectivity index (χ2n) is 2.58. The molecule has 0 aliphatic carbocycles. The quantitative estimate of drug-likeness (QED) is 0.346. The summed E-state index contributed by atoms with van der Waals surface area (Å²) in [5.74, 6) is -1.41. The Balaban J connectivity index is 3.28. The molecule has 0 bridgehead atoms. The third-order valence-electron chi connectivity index (χ3n) is 1.64. The lowest BCUT2D eigenvalue weighted by atomic mass is 10.1. The van der Waals surface area contributed by atoms with Crippen LogP contribution >= 0.6 is 11.6 Å². The molecule has 15 heavy (non-hydrogen) atoms. The highest BCUT2D eigenvalue weighted by Crippen LogP contribution is 2.20. The standard InChI is InChI=1S/C9H5ClFNO3/c10-4-3-9(13)7-2-1-6(11)5-8(7)12(14)15/h1-5H/b4-3+. The van der Waals surface area contributed by atoms with Crippen molar-refractivity contribution in [1.82, 2.24) is 0 Å². The number of carbonyl (C=O) groups is 1. The van der Waals surface area contributed by atoms with Crippen molar-refractivity contribution in [1.29, 1.82) is 0 Å². The number of nitrogens with zero attached hydrogens (tertiary/aromatic N) is 1. The average Bonchev–Trinajstić information content (AvgIpc) is 2.17. The second-order valence-corrected chi connectivity index (χ2v) is 2.83. The Morgan fingerprint density at radius 1 is 1.53 bits per heavy atom. The number of allylic oxidation sites excluding steroid dienone is 1. The zero-order chi connectivity index (χ0) is 11.4. The Bertz CT molecular complexity index is 445. The van der Waals surface area contributed by atoms with Gasteiger partial charge in [0, 0.05) is 5.54 Å². The number of halogens is 2. The number of nitro groups is 1. The highest BCUT2D eigenvalue weighted by molar-refractivity contribution is 6.27. The van der Waals surface area contributed by atoms with E-state index in [1.807, 2.05) is 0 Å². The lowest BCUT2D eigenvalue weighted by Gasteiger charge is -1.98. The lowest BCUT2D eigenvalue weighted by Crippen LogP contribution is -2.01. The first-order valence-corrected chi connectivity index (χ1v) is 4.25. The van der Waals surface area contributed by atoms with Gasteiger partial charge in [0.15, 0.2) is 5.78 Å². The molecular formula is C9H5ClFNO3. The van der Waals surface area contributed by atoms with Crippen molar-refractivity contribution < 1.29 is 14.1 Å².